The van der Waals surface area contributed by atoms with E-state index in [-0.39, 0.29) is 22.9 Å². The number of methoxy groups -OCH3 is 2. The van der Waals surface area contributed by atoms with E-state index in [0.29, 0.717) is 40.3 Å². The number of hydrogen-bond acceptors (Lipinski definition) is 7. The fourth-order valence-electron chi connectivity index (χ4n) is 4.25. The second-order valence-electron chi connectivity index (χ2n) is 9.28. The molecule has 0 aromatic heterocycles. The van der Waals surface area contributed by atoms with Crippen molar-refractivity contribution in [3.05, 3.63) is 76.3 Å². The van der Waals surface area contributed by atoms with Gasteiger partial charge in [0.2, 0.25) is 11.8 Å². The lowest BCUT2D eigenvalue weighted by atomic mass is 10.1. The smallest absolute Gasteiger partial charge is 0.264 e. The van der Waals surface area contributed by atoms with E-state index in [1.165, 1.54) is 43.4 Å². The summed E-state index contributed by atoms with van der Waals surface area (Å²) in [6.07, 6.45) is 0. The Bertz CT molecular complexity index is 1540. The van der Waals surface area contributed by atoms with E-state index in [9.17, 15) is 18.0 Å². The quantitative estimate of drug-likeness (QED) is 0.256. The molecule has 232 valence electrons. The number of rotatable bonds is 14. The van der Waals surface area contributed by atoms with Gasteiger partial charge in [0.05, 0.1) is 31.4 Å². The van der Waals surface area contributed by atoms with Gasteiger partial charge in [-0.05, 0) is 74.9 Å². The van der Waals surface area contributed by atoms with Crippen molar-refractivity contribution in [1.82, 2.24) is 10.2 Å². The van der Waals surface area contributed by atoms with Gasteiger partial charge in [0.1, 0.15) is 18.3 Å². The van der Waals surface area contributed by atoms with E-state index in [2.05, 4.69) is 5.32 Å². The van der Waals surface area contributed by atoms with Crippen molar-refractivity contribution < 1.29 is 32.2 Å². The number of carbonyl (C=O) groups excluding carboxylic acids is 2. The SMILES string of the molecule is CCNC(=O)[C@H](C)N(Cc1ccc(Cl)cc1Cl)C(=O)CN(c1ccc(OCC)cc1)S(=O)(=O)c1ccc(OC)c(OC)c1. The second kappa shape index (κ2) is 15.2. The highest BCUT2D eigenvalue weighted by Gasteiger charge is 2.33. The summed E-state index contributed by atoms with van der Waals surface area (Å²) in [5.74, 6) is 0.0289. The van der Waals surface area contributed by atoms with Gasteiger partial charge in [0, 0.05) is 29.2 Å². The molecule has 3 aromatic rings. The van der Waals surface area contributed by atoms with Gasteiger partial charge in [0.25, 0.3) is 10.0 Å². The van der Waals surface area contributed by atoms with E-state index in [1.54, 1.807) is 50.2 Å². The third-order valence-corrected chi connectivity index (χ3v) is 8.89. The highest BCUT2D eigenvalue weighted by atomic mass is 35.5. The van der Waals surface area contributed by atoms with E-state index in [1.807, 2.05) is 6.92 Å². The Labute approximate surface area is 262 Å². The Balaban J connectivity index is 2.10. The number of benzene rings is 3. The molecule has 0 aliphatic heterocycles. The first-order chi connectivity index (χ1) is 20.5. The number of hydrogen-bond donors (Lipinski definition) is 1. The molecule has 0 radical (unpaired) electrons. The molecule has 1 N–H and O–H groups in total. The minimum atomic E-state index is -4.34. The maximum absolute atomic E-state index is 14.1. The minimum absolute atomic E-state index is 0.0688. The first-order valence-electron chi connectivity index (χ1n) is 13.4. The Morgan fingerprint density at radius 1 is 0.930 bits per heavy atom. The Morgan fingerprint density at radius 3 is 2.19 bits per heavy atom. The molecule has 10 nitrogen and oxygen atoms in total. The molecule has 0 heterocycles. The predicted molar refractivity (Wildman–Crippen MR) is 167 cm³/mol. The fourth-order valence-corrected chi connectivity index (χ4v) is 6.14. The second-order valence-corrected chi connectivity index (χ2v) is 12.0. The van der Waals surface area contributed by atoms with E-state index >= 15 is 0 Å². The molecule has 0 aliphatic carbocycles. The van der Waals surface area contributed by atoms with Crippen molar-refractivity contribution in [1.29, 1.82) is 0 Å². The van der Waals surface area contributed by atoms with Crippen LogP contribution in [0.1, 0.15) is 26.3 Å². The van der Waals surface area contributed by atoms with Crippen molar-refractivity contribution in [2.45, 2.75) is 38.3 Å². The zero-order valence-corrected chi connectivity index (χ0v) is 26.9. The molecule has 0 unspecified atom stereocenters. The summed E-state index contributed by atoms with van der Waals surface area (Å²) < 4.78 is 45.3. The molecular weight excluding hydrogens is 617 g/mol. The number of sulfonamides is 1. The summed E-state index contributed by atoms with van der Waals surface area (Å²) in [5.41, 5.74) is 0.743. The Kier molecular flexibility index (Phi) is 11.9. The maximum Gasteiger partial charge on any atom is 0.264 e. The molecular formula is C30H35Cl2N3O7S. The van der Waals surface area contributed by atoms with Crippen LogP contribution in [0.3, 0.4) is 0 Å². The molecule has 0 fully saturated rings. The number of halogens is 2. The fraction of sp³-hybridized carbons (Fsp3) is 0.333. The van der Waals surface area contributed by atoms with E-state index in [4.69, 9.17) is 37.4 Å². The highest BCUT2D eigenvalue weighted by Crippen LogP contribution is 2.33. The van der Waals surface area contributed by atoms with Crippen LogP contribution in [0.25, 0.3) is 0 Å². The van der Waals surface area contributed by atoms with E-state index < -0.39 is 34.4 Å². The predicted octanol–water partition coefficient (Wildman–Crippen LogP) is 5.16. The number of anilines is 1. The zero-order chi connectivity index (χ0) is 31.7. The van der Waals surface area contributed by atoms with Gasteiger partial charge < -0.3 is 24.4 Å². The van der Waals surface area contributed by atoms with Gasteiger partial charge in [-0.1, -0.05) is 29.3 Å². The molecule has 2 amide bonds. The van der Waals surface area contributed by atoms with Crippen LogP contribution in [0.4, 0.5) is 5.69 Å². The van der Waals surface area contributed by atoms with Gasteiger partial charge in [0.15, 0.2) is 11.5 Å². The van der Waals surface area contributed by atoms with Crippen molar-refractivity contribution in [2.24, 2.45) is 0 Å². The largest absolute Gasteiger partial charge is 0.494 e. The number of carbonyl (C=O) groups is 2. The molecule has 0 spiro atoms. The molecule has 0 saturated carbocycles. The van der Waals surface area contributed by atoms with Crippen LogP contribution < -0.4 is 23.8 Å². The average molecular weight is 653 g/mol. The Hall–Kier alpha value is -3.67. The monoisotopic (exact) mass is 651 g/mol. The van der Waals surface area contributed by atoms with E-state index in [0.717, 1.165) is 4.31 Å². The van der Waals surface area contributed by atoms with Gasteiger partial charge in [-0.25, -0.2) is 8.42 Å². The third kappa shape index (κ3) is 8.25. The molecule has 0 saturated heterocycles. The van der Waals surface area contributed by atoms with Crippen LogP contribution in [-0.2, 0) is 26.2 Å². The van der Waals surface area contributed by atoms with Crippen LogP contribution in [0.15, 0.2) is 65.6 Å². The lowest BCUT2D eigenvalue weighted by Gasteiger charge is -2.32. The van der Waals surface area contributed by atoms with Gasteiger partial charge >= 0.3 is 0 Å². The zero-order valence-electron chi connectivity index (χ0n) is 24.6. The first kappa shape index (κ1) is 33.8. The van der Waals surface area contributed by atoms with Crippen molar-refractivity contribution in [3.63, 3.8) is 0 Å². The molecule has 0 aliphatic rings. The molecule has 13 heteroatoms. The number of nitrogens with one attached hydrogen (secondary N) is 1. The topological polar surface area (TPSA) is 114 Å². The van der Waals surface area contributed by atoms with Crippen molar-refractivity contribution in [3.8, 4) is 17.2 Å². The summed E-state index contributed by atoms with van der Waals surface area (Å²) in [5, 5.41) is 3.42. The molecule has 3 rings (SSSR count). The van der Waals surface area contributed by atoms with Gasteiger partial charge in [-0.15, -0.1) is 0 Å². The summed E-state index contributed by atoms with van der Waals surface area (Å²) >= 11 is 12.5. The average Bonchev–Trinajstić information content (AvgIpc) is 2.99. The summed E-state index contributed by atoms with van der Waals surface area (Å²) in [4.78, 5) is 28.1. The number of nitrogens with zero attached hydrogens (tertiary/aromatic N) is 2. The molecule has 43 heavy (non-hydrogen) atoms. The van der Waals surface area contributed by atoms with Gasteiger partial charge in [-0.3, -0.25) is 13.9 Å². The van der Waals surface area contributed by atoms with Gasteiger partial charge in [-0.2, -0.15) is 0 Å². The lowest BCUT2D eigenvalue weighted by Crippen LogP contribution is -2.51. The maximum atomic E-state index is 14.1. The molecule has 3 aromatic carbocycles. The third-order valence-electron chi connectivity index (χ3n) is 6.53. The van der Waals surface area contributed by atoms with Crippen LogP contribution in [0.5, 0.6) is 17.2 Å². The summed E-state index contributed by atoms with van der Waals surface area (Å²) in [6.45, 7) is 5.23. The highest BCUT2D eigenvalue weighted by molar-refractivity contribution is 7.92. The van der Waals surface area contributed by atoms with Crippen LogP contribution in [0, 0.1) is 0 Å². The Morgan fingerprint density at radius 2 is 1.60 bits per heavy atom. The molecule has 1 atom stereocenters. The normalized spacial score (nSPS) is 11.8. The minimum Gasteiger partial charge on any atom is -0.494 e. The lowest BCUT2D eigenvalue weighted by molar-refractivity contribution is -0.139. The van der Waals surface area contributed by atoms with Crippen molar-refractivity contribution >= 4 is 50.7 Å². The summed E-state index contributed by atoms with van der Waals surface area (Å²) in [6, 6.07) is 14.3. The van der Waals surface area contributed by atoms with Crippen LogP contribution in [-0.4, -0.2) is 65.1 Å². The number of amides is 2. The standard InChI is InChI=1S/C30H35Cl2N3O7S/c1-6-33-30(37)20(3)34(18-21-8-9-22(31)16-26(21)32)29(36)19-35(23-10-12-24(13-11-23)42-7-2)43(38,39)25-14-15-27(40-4)28(17-25)41-5/h8-17,20H,6-7,18-19H2,1-5H3,(H,33,37)/t20-/m0/s1. The first-order valence-corrected chi connectivity index (χ1v) is 15.6. The summed E-state index contributed by atoms with van der Waals surface area (Å²) in [7, 11) is -1.51. The van der Waals surface area contributed by atoms with Crippen LogP contribution >= 0.6 is 23.2 Å². The molecule has 0 bridgehead atoms. The van der Waals surface area contributed by atoms with Crippen molar-refractivity contribution in [2.75, 3.05) is 38.2 Å². The number of ether oxygens (including phenoxy) is 3. The van der Waals surface area contributed by atoms with Crippen LogP contribution in [0.2, 0.25) is 10.0 Å². The number of likely N-dealkylation sites (N-methyl/N-ethyl adjacent to an activating group) is 1.